The molecule has 0 radical (unpaired) electrons. The van der Waals surface area contributed by atoms with Crippen LogP contribution in [-0.2, 0) is 11.2 Å². The first kappa shape index (κ1) is 22.2. The molecule has 0 bridgehead atoms. The molecule has 1 atom stereocenters. The van der Waals surface area contributed by atoms with Crippen LogP contribution in [0, 0.1) is 0 Å². The van der Waals surface area contributed by atoms with Crippen molar-refractivity contribution in [3.63, 3.8) is 0 Å². The standard InChI is InChI=1S/C24H32N4O4/c1-27-7-6-18-12-17(4-5-22(18)27)23(28-8-10-32-11-9-28)16-25-24(29)26-19-13-20(30-2)15-21(14-19)31-3/h4-5,12-15,23H,6-11,16H2,1-3H3,(H2,25,26,29)/t23-/m1/s1. The number of fused-ring (bicyclic) bond motifs is 1. The Morgan fingerprint density at radius 2 is 1.78 bits per heavy atom. The molecule has 172 valence electrons. The van der Waals surface area contributed by atoms with E-state index in [9.17, 15) is 4.79 Å². The third-order valence-corrected chi connectivity index (χ3v) is 6.17. The minimum atomic E-state index is -0.264. The quantitative estimate of drug-likeness (QED) is 0.690. The molecular formula is C24H32N4O4. The molecule has 0 saturated carbocycles. The lowest BCUT2D eigenvalue weighted by atomic mass is 10.0. The van der Waals surface area contributed by atoms with E-state index in [-0.39, 0.29) is 12.1 Å². The van der Waals surface area contributed by atoms with Crippen molar-refractivity contribution in [3.05, 3.63) is 47.5 Å². The highest BCUT2D eigenvalue weighted by Gasteiger charge is 2.25. The van der Waals surface area contributed by atoms with Crippen LogP contribution in [0.2, 0.25) is 0 Å². The number of hydrogen-bond acceptors (Lipinski definition) is 6. The van der Waals surface area contributed by atoms with Crippen molar-refractivity contribution < 1.29 is 19.0 Å². The maximum atomic E-state index is 12.7. The van der Waals surface area contributed by atoms with Gasteiger partial charge >= 0.3 is 6.03 Å². The fourth-order valence-corrected chi connectivity index (χ4v) is 4.39. The first-order valence-corrected chi connectivity index (χ1v) is 11.0. The monoisotopic (exact) mass is 440 g/mol. The minimum Gasteiger partial charge on any atom is -0.497 e. The summed E-state index contributed by atoms with van der Waals surface area (Å²) in [5.74, 6) is 1.24. The summed E-state index contributed by atoms with van der Waals surface area (Å²) < 4.78 is 16.1. The Bertz CT molecular complexity index is 923. The van der Waals surface area contributed by atoms with Crippen LogP contribution < -0.4 is 25.0 Å². The molecule has 8 heteroatoms. The van der Waals surface area contributed by atoms with Gasteiger partial charge in [-0.15, -0.1) is 0 Å². The molecular weight excluding hydrogens is 408 g/mol. The molecule has 4 rings (SSSR count). The van der Waals surface area contributed by atoms with Gasteiger partial charge in [0.2, 0.25) is 0 Å². The molecule has 2 amide bonds. The second-order valence-electron chi connectivity index (χ2n) is 8.16. The van der Waals surface area contributed by atoms with Gasteiger partial charge in [0, 0.05) is 62.8 Å². The van der Waals surface area contributed by atoms with Gasteiger partial charge in [-0.2, -0.15) is 0 Å². The van der Waals surface area contributed by atoms with E-state index < -0.39 is 0 Å². The third-order valence-electron chi connectivity index (χ3n) is 6.17. The fourth-order valence-electron chi connectivity index (χ4n) is 4.39. The molecule has 2 aromatic rings. The lowest BCUT2D eigenvalue weighted by Crippen LogP contribution is -2.44. The Labute approximate surface area is 189 Å². The molecule has 0 unspecified atom stereocenters. The van der Waals surface area contributed by atoms with Crippen molar-refractivity contribution in [2.75, 3.05) is 70.9 Å². The zero-order valence-corrected chi connectivity index (χ0v) is 19.0. The summed E-state index contributed by atoms with van der Waals surface area (Å²) in [4.78, 5) is 17.4. The Hall–Kier alpha value is -2.97. The first-order valence-electron chi connectivity index (χ1n) is 11.0. The predicted octanol–water partition coefficient (Wildman–Crippen LogP) is 2.89. The lowest BCUT2D eigenvalue weighted by Gasteiger charge is -2.35. The molecule has 0 spiro atoms. The smallest absolute Gasteiger partial charge is 0.319 e. The number of anilines is 2. The highest BCUT2D eigenvalue weighted by molar-refractivity contribution is 5.89. The van der Waals surface area contributed by atoms with Crippen LogP contribution in [0.4, 0.5) is 16.2 Å². The topological polar surface area (TPSA) is 75.3 Å². The minimum absolute atomic E-state index is 0.0840. The summed E-state index contributed by atoms with van der Waals surface area (Å²) in [6.45, 7) is 4.66. The molecule has 2 aliphatic heterocycles. The SMILES string of the molecule is COc1cc(NC(=O)NC[C@H](c2ccc3c(c2)CCN3C)N2CCOCC2)cc(OC)c1. The van der Waals surface area contributed by atoms with Gasteiger partial charge < -0.3 is 29.7 Å². The zero-order chi connectivity index (χ0) is 22.5. The van der Waals surface area contributed by atoms with E-state index in [0.717, 1.165) is 26.1 Å². The van der Waals surface area contributed by atoms with Crippen molar-refractivity contribution in [3.8, 4) is 11.5 Å². The number of morpholine rings is 1. The molecule has 2 aromatic carbocycles. The van der Waals surface area contributed by atoms with E-state index in [1.165, 1.54) is 16.8 Å². The van der Waals surface area contributed by atoms with E-state index in [0.29, 0.717) is 36.9 Å². The lowest BCUT2D eigenvalue weighted by molar-refractivity contribution is 0.0168. The molecule has 2 N–H and O–H groups in total. The van der Waals surface area contributed by atoms with E-state index in [4.69, 9.17) is 14.2 Å². The van der Waals surface area contributed by atoms with Crippen molar-refractivity contribution in [1.82, 2.24) is 10.2 Å². The van der Waals surface area contributed by atoms with Crippen LogP contribution in [0.3, 0.4) is 0 Å². The normalized spacial score (nSPS) is 16.9. The third kappa shape index (κ3) is 5.08. The van der Waals surface area contributed by atoms with Crippen molar-refractivity contribution in [2.24, 2.45) is 0 Å². The van der Waals surface area contributed by atoms with E-state index in [1.54, 1.807) is 32.4 Å². The molecule has 32 heavy (non-hydrogen) atoms. The number of amides is 2. The highest BCUT2D eigenvalue weighted by Crippen LogP contribution is 2.31. The Balaban J connectivity index is 1.46. The second kappa shape index (κ2) is 10.1. The van der Waals surface area contributed by atoms with Gasteiger partial charge in [0.1, 0.15) is 11.5 Å². The number of methoxy groups -OCH3 is 2. The van der Waals surface area contributed by atoms with Crippen LogP contribution in [0.5, 0.6) is 11.5 Å². The van der Waals surface area contributed by atoms with Gasteiger partial charge in [-0.25, -0.2) is 4.79 Å². The van der Waals surface area contributed by atoms with Crippen LogP contribution in [-0.4, -0.2) is 71.6 Å². The maximum absolute atomic E-state index is 12.7. The summed E-state index contributed by atoms with van der Waals surface area (Å²) in [5, 5.41) is 5.94. The molecule has 1 saturated heterocycles. The Morgan fingerprint density at radius 3 is 2.47 bits per heavy atom. The number of likely N-dealkylation sites (N-methyl/N-ethyl adjacent to an activating group) is 1. The van der Waals surface area contributed by atoms with E-state index in [2.05, 4.69) is 45.7 Å². The van der Waals surface area contributed by atoms with Gasteiger partial charge in [0.05, 0.1) is 33.5 Å². The Morgan fingerprint density at radius 1 is 1.06 bits per heavy atom. The highest BCUT2D eigenvalue weighted by atomic mass is 16.5. The van der Waals surface area contributed by atoms with Crippen molar-refractivity contribution in [2.45, 2.75) is 12.5 Å². The second-order valence-corrected chi connectivity index (χ2v) is 8.16. The van der Waals surface area contributed by atoms with Crippen molar-refractivity contribution >= 4 is 17.4 Å². The number of ether oxygens (including phenoxy) is 3. The van der Waals surface area contributed by atoms with Crippen LogP contribution in [0.25, 0.3) is 0 Å². The largest absolute Gasteiger partial charge is 0.497 e. The number of nitrogens with zero attached hydrogens (tertiary/aromatic N) is 2. The Kier molecular flexibility index (Phi) is 7.02. The number of urea groups is 1. The number of benzene rings is 2. The fraction of sp³-hybridized carbons (Fsp3) is 0.458. The molecule has 1 fully saturated rings. The number of carbonyl (C=O) groups is 1. The molecule has 0 aromatic heterocycles. The zero-order valence-electron chi connectivity index (χ0n) is 19.0. The summed E-state index contributed by atoms with van der Waals surface area (Å²) in [6.07, 6.45) is 1.06. The molecule has 0 aliphatic carbocycles. The van der Waals surface area contributed by atoms with Gasteiger partial charge in [-0.1, -0.05) is 12.1 Å². The number of carbonyl (C=O) groups excluding carboxylic acids is 1. The molecule has 2 aliphatic rings. The average molecular weight is 441 g/mol. The number of hydrogen-bond donors (Lipinski definition) is 2. The summed E-state index contributed by atoms with van der Waals surface area (Å²) in [6, 6.07) is 11.8. The number of rotatable bonds is 7. The summed E-state index contributed by atoms with van der Waals surface area (Å²) in [5.41, 5.74) is 4.51. The number of nitrogens with one attached hydrogen (secondary N) is 2. The van der Waals surface area contributed by atoms with Crippen LogP contribution in [0.1, 0.15) is 17.2 Å². The van der Waals surface area contributed by atoms with E-state index in [1.807, 2.05) is 0 Å². The maximum Gasteiger partial charge on any atom is 0.319 e. The van der Waals surface area contributed by atoms with Crippen molar-refractivity contribution in [1.29, 1.82) is 0 Å². The van der Waals surface area contributed by atoms with Gasteiger partial charge in [0.15, 0.2) is 0 Å². The predicted molar refractivity (Wildman–Crippen MR) is 125 cm³/mol. The summed E-state index contributed by atoms with van der Waals surface area (Å²) >= 11 is 0. The average Bonchev–Trinajstić information content (AvgIpc) is 3.19. The van der Waals surface area contributed by atoms with E-state index >= 15 is 0 Å². The van der Waals surface area contributed by atoms with Gasteiger partial charge in [0.25, 0.3) is 0 Å². The molecule has 2 heterocycles. The van der Waals surface area contributed by atoms with Crippen LogP contribution >= 0.6 is 0 Å². The van der Waals surface area contributed by atoms with Gasteiger partial charge in [-0.05, 0) is 23.6 Å². The molecule has 8 nitrogen and oxygen atoms in total. The van der Waals surface area contributed by atoms with Crippen LogP contribution in [0.15, 0.2) is 36.4 Å². The van der Waals surface area contributed by atoms with Gasteiger partial charge in [-0.3, -0.25) is 4.90 Å². The summed E-state index contributed by atoms with van der Waals surface area (Å²) in [7, 11) is 5.30. The first-order chi connectivity index (χ1) is 15.6.